The van der Waals surface area contributed by atoms with Crippen molar-refractivity contribution in [2.45, 2.75) is 32.5 Å². The molecule has 0 saturated carbocycles. The highest BCUT2D eigenvalue weighted by molar-refractivity contribution is 5.97. The topological polar surface area (TPSA) is 74.3 Å². The van der Waals surface area contributed by atoms with Crippen LogP contribution in [0, 0.1) is 0 Å². The van der Waals surface area contributed by atoms with Gasteiger partial charge in [0.25, 0.3) is 5.91 Å². The molecule has 9 heteroatoms. The van der Waals surface area contributed by atoms with Crippen LogP contribution in [-0.4, -0.2) is 35.9 Å². The summed E-state index contributed by atoms with van der Waals surface area (Å²) in [5, 5.41) is 0. The minimum atomic E-state index is -3.69. The molecular weight excluding hydrogens is 340 g/mol. The molecule has 0 atom stereocenters. The van der Waals surface area contributed by atoms with Crippen LogP contribution in [0.4, 0.5) is 8.78 Å². The van der Waals surface area contributed by atoms with Crippen molar-refractivity contribution >= 4 is 11.9 Å². The number of carbonyl (C=O) groups is 2. The Morgan fingerprint density at radius 2 is 1.84 bits per heavy atom. The largest absolute Gasteiger partial charge is 0.586 e. The van der Waals surface area contributed by atoms with E-state index in [0.717, 1.165) is 6.08 Å². The quantitative estimate of drug-likeness (QED) is 0.611. The van der Waals surface area contributed by atoms with Gasteiger partial charge in [-0.1, -0.05) is 6.07 Å². The maximum Gasteiger partial charge on any atom is 0.586 e. The molecule has 1 aromatic rings. The van der Waals surface area contributed by atoms with Crippen LogP contribution < -0.4 is 9.47 Å². The van der Waals surface area contributed by atoms with E-state index in [4.69, 9.17) is 9.47 Å². The molecule has 7 nitrogen and oxygen atoms in total. The average Bonchev–Trinajstić information content (AvgIpc) is 2.91. The molecule has 2 aliphatic heterocycles. The molecule has 0 radical (unpaired) electrons. The van der Waals surface area contributed by atoms with Gasteiger partial charge in [-0.3, -0.25) is 4.79 Å². The number of amides is 1. The van der Waals surface area contributed by atoms with Gasteiger partial charge in [-0.2, -0.15) is 0 Å². The minimum absolute atomic E-state index is 0.0748. The molecule has 25 heavy (non-hydrogen) atoms. The second-order valence-corrected chi connectivity index (χ2v) is 6.04. The Hall–Kier alpha value is -2.84. The van der Waals surface area contributed by atoms with Crippen LogP contribution in [0.25, 0.3) is 0 Å². The zero-order chi connectivity index (χ0) is 18.4. The molecule has 0 unspecified atom stereocenters. The Kier molecular flexibility index (Phi) is 3.81. The highest BCUT2D eigenvalue weighted by Gasteiger charge is 2.43. The second-order valence-electron chi connectivity index (χ2n) is 6.04. The lowest BCUT2D eigenvalue weighted by atomic mass is 10.2. The predicted molar refractivity (Wildman–Crippen MR) is 78.5 cm³/mol. The second kappa shape index (κ2) is 5.61. The lowest BCUT2D eigenvalue weighted by Gasteiger charge is -2.16. The number of hydrogen-bond donors (Lipinski definition) is 0. The van der Waals surface area contributed by atoms with Gasteiger partial charge < -0.3 is 23.8 Å². The van der Waals surface area contributed by atoms with Gasteiger partial charge in [0.2, 0.25) is 11.5 Å². The fourth-order valence-electron chi connectivity index (χ4n) is 2.36. The van der Waals surface area contributed by atoms with Crippen molar-refractivity contribution in [3.05, 3.63) is 35.6 Å². The van der Waals surface area contributed by atoms with Gasteiger partial charge in [-0.05, 0) is 17.7 Å². The molecule has 3 rings (SSSR count). The maximum atomic E-state index is 13.0. The number of carbonyl (C=O) groups excluding carboxylic acids is 2. The number of ether oxygens (including phenoxy) is 4. The average molecular weight is 355 g/mol. The Balaban J connectivity index is 1.68. The number of cyclic esters (lactones) is 1. The standard InChI is InChI=1S/C16H15F2NO6/c1-15(2)22-12(14(21)25-15)7-13(20)19(3)8-9-4-5-10-11(6-9)24-16(17,18)23-10/h4-7H,8H2,1-3H3/b12-7-. The van der Waals surface area contributed by atoms with Crippen LogP contribution in [0.5, 0.6) is 11.5 Å². The van der Waals surface area contributed by atoms with Crippen molar-refractivity contribution in [3.63, 3.8) is 0 Å². The fourth-order valence-corrected chi connectivity index (χ4v) is 2.36. The summed E-state index contributed by atoms with van der Waals surface area (Å²) in [6.45, 7) is 3.19. The van der Waals surface area contributed by atoms with E-state index in [-0.39, 0.29) is 23.8 Å². The van der Waals surface area contributed by atoms with E-state index in [0.29, 0.717) is 5.56 Å². The van der Waals surface area contributed by atoms with E-state index in [2.05, 4.69) is 9.47 Å². The summed E-state index contributed by atoms with van der Waals surface area (Å²) >= 11 is 0. The normalized spacial score (nSPS) is 21.0. The van der Waals surface area contributed by atoms with E-state index in [9.17, 15) is 18.4 Å². The third-order valence-electron chi connectivity index (χ3n) is 3.41. The Morgan fingerprint density at radius 3 is 2.48 bits per heavy atom. The number of halogens is 2. The number of fused-ring (bicyclic) bond motifs is 1. The highest BCUT2D eigenvalue weighted by atomic mass is 19.3. The van der Waals surface area contributed by atoms with Gasteiger partial charge >= 0.3 is 12.3 Å². The van der Waals surface area contributed by atoms with Gasteiger partial charge in [-0.15, -0.1) is 8.78 Å². The Labute approximate surface area is 141 Å². The van der Waals surface area contributed by atoms with Crippen LogP contribution in [0.15, 0.2) is 30.0 Å². The molecule has 1 amide bonds. The van der Waals surface area contributed by atoms with Crippen molar-refractivity contribution in [1.29, 1.82) is 0 Å². The molecule has 1 fully saturated rings. The summed E-state index contributed by atoms with van der Waals surface area (Å²) in [5.74, 6) is -2.72. The number of benzene rings is 1. The minimum Gasteiger partial charge on any atom is -0.445 e. The molecular formula is C16H15F2NO6. The van der Waals surface area contributed by atoms with Gasteiger partial charge in [0.05, 0.1) is 6.08 Å². The van der Waals surface area contributed by atoms with Crippen LogP contribution in [0.1, 0.15) is 19.4 Å². The van der Waals surface area contributed by atoms with Crippen molar-refractivity contribution in [1.82, 2.24) is 4.90 Å². The first-order valence-corrected chi connectivity index (χ1v) is 7.33. The van der Waals surface area contributed by atoms with Crippen molar-refractivity contribution in [2.24, 2.45) is 0 Å². The molecule has 0 spiro atoms. The van der Waals surface area contributed by atoms with E-state index >= 15 is 0 Å². The molecule has 134 valence electrons. The van der Waals surface area contributed by atoms with Crippen LogP contribution in [0.2, 0.25) is 0 Å². The third-order valence-corrected chi connectivity index (χ3v) is 3.41. The van der Waals surface area contributed by atoms with Crippen LogP contribution in [0.3, 0.4) is 0 Å². The summed E-state index contributed by atoms with van der Waals surface area (Å²) < 4.78 is 44.9. The molecule has 2 heterocycles. The Morgan fingerprint density at radius 1 is 1.16 bits per heavy atom. The van der Waals surface area contributed by atoms with Crippen LogP contribution in [-0.2, 0) is 25.6 Å². The summed E-state index contributed by atoms with van der Waals surface area (Å²) in [4.78, 5) is 25.1. The van der Waals surface area contributed by atoms with Gasteiger partial charge in [0.1, 0.15) is 0 Å². The molecule has 1 aromatic carbocycles. The van der Waals surface area contributed by atoms with Crippen molar-refractivity contribution < 1.29 is 37.3 Å². The number of hydrogen-bond acceptors (Lipinski definition) is 6. The summed E-state index contributed by atoms with van der Waals surface area (Å²) in [7, 11) is 1.49. The highest BCUT2D eigenvalue weighted by Crippen LogP contribution is 2.41. The van der Waals surface area contributed by atoms with E-state index < -0.39 is 24.0 Å². The Bertz CT molecular complexity index is 774. The van der Waals surface area contributed by atoms with E-state index in [1.165, 1.54) is 30.1 Å². The van der Waals surface area contributed by atoms with Crippen molar-refractivity contribution in [2.75, 3.05) is 7.05 Å². The SMILES string of the molecule is CN(Cc1ccc2c(c1)OC(F)(F)O2)C(=O)/C=C1\OC(C)(C)OC1=O. The van der Waals surface area contributed by atoms with Crippen LogP contribution >= 0.6 is 0 Å². The maximum absolute atomic E-state index is 13.0. The zero-order valence-electron chi connectivity index (χ0n) is 13.7. The van der Waals surface area contributed by atoms with Gasteiger partial charge in [0.15, 0.2) is 11.5 Å². The van der Waals surface area contributed by atoms with Gasteiger partial charge in [0, 0.05) is 27.4 Å². The number of rotatable bonds is 3. The zero-order valence-corrected chi connectivity index (χ0v) is 13.7. The number of likely N-dealkylation sites (N-methyl/N-ethyl adjacent to an activating group) is 1. The smallest absolute Gasteiger partial charge is 0.445 e. The number of nitrogens with zero attached hydrogens (tertiary/aromatic N) is 1. The molecule has 0 aliphatic carbocycles. The lowest BCUT2D eigenvalue weighted by Crippen LogP contribution is -2.26. The van der Waals surface area contributed by atoms with E-state index in [1.807, 2.05) is 0 Å². The van der Waals surface area contributed by atoms with Gasteiger partial charge in [-0.25, -0.2) is 4.79 Å². The first-order valence-electron chi connectivity index (χ1n) is 7.33. The molecule has 0 aromatic heterocycles. The fraction of sp³-hybridized carbons (Fsp3) is 0.375. The molecule has 2 aliphatic rings. The monoisotopic (exact) mass is 355 g/mol. The summed E-state index contributed by atoms with van der Waals surface area (Å²) in [6.07, 6.45) is -2.67. The van der Waals surface area contributed by atoms with E-state index in [1.54, 1.807) is 13.8 Å². The number of esters is 1. The van der Waals surface area contributed by atoms with Crippen molar-refractivity contribution in [3.8, 4) is 11.5 Å². The first-order chi connectivity index (χ1) is 11.5. The predicted octanol–water partition coefficient (Wildman–Crippen LogP) is 2.16. The third kappa shape index (κ3) is 3.65. The first kappa shape index (κ1) is 17.0. The molecule has 1 saturated heterocycles. The summed E-state index contributed by atoms with van der Waals surface area (Å²) in [6, 6.07) is 4.23. The lowest BCUT2D eigenvalue weighted by molar-refractivity contribution is -0.286. The summed E-state index contributed by atoms with van der Waals surface area (Å²) in [5.41, 5.74) is 0.546. The molecule has 0 bridgehead atoms. The molecule has 0 N–H and O–H groups in total. The number of alkyl halides is 2.